The normalized spacial score (nSPS) is 14.7. The molecule has 1 atom stereocenters. The fourth-order valence-corrected chi connectivity index (χ4v) is 3.54. The molecule has 0 saturated heterocycles. The third kappa shape index (κ3) is 5.26. The summed E-state index contributed by atoms with van der Waals surface area (Å²) in [7, 11) is 1.59. The first-order chi connectivity index (χ1) is 14.6. The van der Waals surface area contributed by atoms with Gasteiger partial charge in [-0.05, 0) is 62.1 Å². The number of ether oxygens (including phenoxy) is 2. The average Bonchev–Trinajstić information content (AvgIpc) is 3.07. The fraction of sp³-hybridized carbons (Fsp3) is 0.375. The Morgan fingerprint density at radius 3 is 2.60 bits per heavy atom. The maximum atomic E-state index is 13.5. The summed E-state index contributed by atoms with van der Waals surface area (Å²) in [6.07, 6.45) is 2.36. The van der Waals surface area contributed by atoms with E-state index in [-0.39, 0.29) is 11.8 Å². The third-order valence-electron chi connectivity index (χ3n) is 5.13. The molecule has 3 rings (SSSR count). The van der Waals surface area contributed by atoms with Gasteiger partial charge < -0.3 is 14.8 Å². The summed E-state index contributed by atoms with van der Waals surface area (Å²) in [5.41, 5.74) is 1.85. The largest absolute Gasteiger partial charge is 0.497 e. The first-order valence-electron chi connectivity index (χ1n) is 10.4. The number of nitrogens with one attached hydrogen (secondary N) is 1. The predicted octanol–water partition coefficient (Wildman–Crippen LogP) is 3.70. The number of amidine groups is 1. The summed E-state index contributed by atoms with van der Waals surface area (Å²) in [4.78, 5) is 30.6. The Hall–Kier alpha value is -3.15. The molecule has 0 radical (unpaired) electrons. The maximum absolute atomic E-state index is 13.5. The summed E-state index contributed by atoms with van der Waals surface area (Å²) >= 11 is 0. The number of rotatable bonds is 8. The number of carbonyl (C=O) groups excluding carboxylic acids is 2. The smallest absolute Gasteiger partial charge is 0.338 e. The molecule has 1 aliphatic rings. The van der Waals surface area contributed by atoms with Gasteiger partial charge in [-0.25, -0.2) is 4.79 Å². The minimum absolute atomic E-state index is 0.0375. The molecule has 30 heavy (non-hydrogen) atoms. The Labute approximate surface area is 177 Å². The van der Waals surface area contributed by atoms with E-state index in [0.29, 0.717) is 42.3 Å². The molecule has 1 N–H and O–H groups in total. The molecule has 1 aliphatic heterocycles. The number of aliphatic imine (C=N–C) groups is 1. The standard InChI is InChI=1S/C24H28N2O4/c1-3-30-24(28)20-9-5-4-8-18(20)16-21(23-25-14-6-7-15-26-23)22(27)17-10-12-19(29-2)13-11-17/h4-5,8-13,21H,3,6-7,14-16H2,1-2H3,(H,25,26). The van der Waals surface area contributed by atoms with E-state index in [2.05, 4.69) is 10.3 Å². The third-order valence-corrected chi connectivity index (χ3v) is 5.13. The van der Waals surface area contributed by atoms with Gasteiger partial charge in [0, 0.05) is 18.7 Å². The van der Waals surface area contributed by atoms with Gasteiger partial charge in [0.1, 0.15) is 11.6 Å². The minimum Gasteiger partial charge on any atom is -0.497 e. The van der Waals surface area contributed by atoms with E-state index in [9.17, 15) is 9.59 Å². The molecule has 1 unspecified atom stereocenters. The van der Waals surface area contributed by atoms with Crippen LogP contribution in [-0.2, 0) is 11.2 Å². The molecule has 2 aromatic carbocycles. The molecule has 1 heterocycles. The van der Waals surface area contributed by atoms with Crippen molar-refractivity contribution in [2.24, 2.45) is 10.9 Å². The molecule has 2 aromatic rings. The zero-order valence-corrected chi connectivity index (χ0v) is 17.5. The number of methoxy groups -OCH3 is 1. The number of benzene rings is 2. The summed E-state index contributed by atoms with van der Waals surface area (Å²) in [5.74, 6) is 0.462. The van der Waals surface area contributed by atoms with Gasteiger partial charge in [0.2, 0.25) is 0 Å². The highest BCUT2D eigenvalue weighted by Crippen LogP contribution is 2.22. The first kappa shape index (κ1) is 21.6. The van der Waals surface area contributed by atoms with Crippen molar-refractivity contribution >= 4 is 17.6 Å². The molecule has 6 nitrogen and oxygen atoms in total. The Morgan fingerprint density at radius 2 is 1.87 bits per heavy atom. The molecule has 0 fully saturated rings. The van der Waals surface area contributed by atoms with Gasteiger partial charge in [0.05, 0.1) is 25.2 Å². The van der Waals surface area contributed by atoms with Crippen LogP contribution in [0.1, 0.15) is 46.0 Å². The van der Waals surface area contributed by atoms with Crippen LogP contribution in [0.2, 0.25) is 0 Å². The maximum Gasteiger partial charge on any atom is 0.338 e. The summed E-state index contributed by atoms with van der Waals surface area (Å²) in [6.45, 7) is 3.55. The van der Waals surface area contributed by atoms with E-state index in [4.69, 9.17) is 9.47 Å². The molecule has 0 aliphatic carbocycles. The monoisotopic (exact) mass is 408 g/mol. The van der Waals surface area contributed by atoms with E-state index < -0.39 is 5.92 Å². The lowest BCUT2D eigenvalue weighted by Gasteiger charge is -2.20. The fourth-order valence-electron chi connectivity index (χ4n) is 3.54. The van der Waals surface area contributed by atoms with E-state index in [1.165, 1.54) is 0 Å². The van der Waals surface area contributed by atoms with E-state index in [1.54, 1.807) is 50.4 Å². The summed E-state index contributed by atoms with van der Waals surface area (Å²) < 4.78 is 10.4. The average molecular weight is 408 g/mol. The highest BCUT2D eigenvalue weighted by atomic mass is 16.5. The van der Waals surface area contributed by atoms with Gasteiger partial charge in [-0.15, -0.1) is 0 Å². The van der Waals surface area contributed by atoms with Crippen molar-refractivity contribution in [3.63, 3.8) is 0 Å². The van der Waals surface area contributed by atoms with Crippen molar-refractivity contribution in [3.8, 4) is 5.75 Å². The SMILES string of the molecule is CCOC(=O)c1ccccc1CC(C(=O)c1ccc(OC)cc1)C1=NCCCCN1. The number of carbonyl (C=O) groups is 2. The van der Waals surface area contributed by atoms with Crippen LogP contribution in [0.15, 0.2) is 53.5 Å². The minimum atomic E-state index is -0.507. The molecular weight excluding hydrogens is 380 g/mol. The van der Waals surface area contributed by atoms with Gasteiger partial charge in [-0.1, -0.05) is 18.2 Å². The van der Waals surface area contributed by atoms with Crippen molar-refractivity contribution in [1.82, 2.24) is 5.32 Å². The molecule has 0 aromatic heterocycles. The lowest BCUT2D eigenvalue weighted by Crippen LogP contribution is -2.37. The molecular formula is C24H28N2O4. The molecule has 158 valence electrons. The number of esters is 1. The van der Waals surface area contributed by atoms with Gasteiger partial charge in [0.15, 0.2) is 5.78 Å². The van der Waals surface area contributed by atoms with E-state index in [0.717, 1.165) is 24.9 Å². The quantitative estimate of drug-likeness (QED) is 0.532. The number of nitrogens with zero attached hydrogens (tertiary/aromatic N) is 1. The summed E-state index contributed by atoms with van der Waals surface area (Å²) in [6, 6.07) is 14.4. The first-order valence-corrected chi connectivity index (χ1v) is 10.4. The number of hydrogen-bond acceptors (Lipinski definition) is 6. The highest BCUT2D eigenvalue weighted by Gasteiger charge is 2.28. The Balaban J connectivity index is 1.95. The number of Topliss-reactive ketones (excluding diaryl/α,β-unsaturated/α-hetero) is 1. The van der Waals surface area contributed by atoms with Crippen LogP contribution in [0, 0.1) is 5.92 Å². The molecule has 6 heteroatoms. The van der Waals surface area contributed by atoms with Crippen LogP contribution in [-0.4, -0.2) is 44.4 Å². The number of hydrogen-bond donors (Lipinski definition) is 1. The van der Waals surface area contributed by atoms with Crippen LogP contribution >= 0.6 is 0 Å². The van der Waals surface area contributed by atoms with Gasteiger partial charge in [-0.2, -0.15) is 0 Å². The van der Waals surface area contributed by atoms with Crippen molar-refractivity contribution in [2.45, 2.75) is 26.2 Å². The lowest BCUT2D eigenvalue weighted by atomic mass is 9.88. The van der Waals surface area contributed by atoms with Crippen LogP contribution < -0.4 is 10.1 Å². The van der Waals surface area contributed by atoms with Gasteiger partial charge >= 0.3 is 5.97 Å². The zero-order valence-electron chi connectivity index (χ0n) is 17.5. The van der Waals surface area contributed by atoms with Crippen LogP contribution in [0.4, 0.5) is 0 Å². The van der Waals surface area contributed by atoms with Gasteiger partial charge in [0.25, 0.3) is 0 Å². The second kappa shape index (κ2) is 10.6. The van der Waals surface area contributed by atoms with Crippen molar-refractivity contribution in [2.75, 3.05) is 26.8 Å². The topological polar surface area (TPSA) is 77.0 Å². The van der Waals surface area contributed by atoms with Crippen LogP contribution in [0.3, 0.4) is 0 Å². The second-order valence-corrected chi connectivity index (χ2v) is 7.13. The Kier molecular flexibility index (Phi) is 7.60. The zero-order chi connectivity index (χ0) is 21.3. The van der Waals surface area contributed by atoms with Crippen molar-refractivity contribution in [1.29, 1.82) is 0 Å². The molecule has 0 saturated carbocycles. The van der Waals surface area contributed by atoms with Crippen LogP contribution in [0.5, 0.6) is 5.75 Å². The molecule has 0 amide bonds. The van der Waals surface area contributed by atoms with E-state index >= 15 is 0 Å². The number of ketones is 1. The van der Waals surface area contributed by atoms with Crippen LogP contribution in [0.25, 0.3) is 0 Å². The van der Waals surface area contributed by atoms with Crippen molar-refractivity contribution in [3.05, 3.63) is 65.2 Å². The predicted molar refractivity (Wildman–Crippen MR) is 116 cm³/mol. The summed E-state index contributed by atoms with van der Waals surface area (Å²) in [5, 5.41) is 3.34. The Bertz CT molecular complexity index is 906. The van der Waals surface area contributed by atoms with Crippen molar-refractivity contribution < 1.29 is 19.1 Å². The highest BCUT2D eigenvalue weighted by molar-refractivity contribution is 6.12. The second-order valence-electron chi connectivity index (χ2n) is 7.13. The van der Waals surface area contributed by atoms with Gasteiger partial charge in [-0.3, -0.25) is 9.79 Å². The van der Waals surface area contributed by atoms with E-state index in [1.807, 2.05) is 12.1 Å². The lowest BCUT2D eigenvalue weighted by molar-refractivity contribution is 0.0524. The Morgan fingerprint density at radius 1 is 1.10 bits per heavy atom. The molecule has 0 bridgehead atoms. The molecule has 0 spiro atoms.